The molecule has 0 N–H and O–H groups in total. The second kappa shape index (κ2) is 4.70. The van der Waals surface area contributed by atoms with Gasteiger partial charge in [0.2, 0.25) is 0 Å². The summed E-state index contributed by atoms with van der Waals surface area (Å²) in [4.78, 5) is 8.58. The van der Waals surface area contributed by atoms with E-state index in [-0.39, 0.29) is 0 Å². The summed E-state index contributed by atoms with van der Waals surface area (Å²) in [7, 11) is 0. The number of imidazole rings is 1. The van der Waals surface area contributed by atoms with E-state index >= 15 is 0 Å². The summed E-state index contributed by atoms with van der Waals surface area (Å²) in [6, 6.07) is 4.31. The highest BCUT2D eigenvalue weighted by atomic mass is 15.0. The normalized spacial score (nSPS) is 18.9. The summed E-state index contributed by atoms with van der Waals surface area (Å²) in [5.41, 5.74) is 2.79. The molecule has 2 aromatic rings. The number of aromatic nitrogens is 3. The molecule has 3 heteroatoms. The van der Waals surface area contributed by atoms with Gasteiger partial charge in [-0.05, 0) is 43.2 Å². The average molecular weight is 227 g/mol. The van der Waals surface area contributed by atoms with Crippen molar-refractivity contribution in [1.82, 2.24) is 14.5 Å². The summed E-state index contributed by atoms with van der Waals surface area (Å²) < 4.78 is 2.16. The highest BCUT2D eigenvalue weighted by molar-refractivity contribution is 5.26. The van der Waals surface area contributed by atoms with Crippen LogP contribution >= 0.6 is 0 Å². The monoisotopic (exact) mass is 227 g/mol. The first-order valence-electron chi connectivity index (χ1n) is 6.33. The molecule has 0 spiro atoms. The maximum absolute atomic E-state index is 4.50. The van der Waals surface area contributed by atoms with Crippen molar-refractivity contribution in [3.63, 3.8) is 0 Å². The first-order chi connectivity index (χ1) is 8.43. The SMILES string of the molecule is c1cnc2c(c1)[C@H](CCn1ccnc1)CCC2. The largest absolute Gasteiger partial charge is 0.337 e. The van der Waals surface area contributed by atoms with Crippen LogP contribution in [0.5, 0.6) is 0 Å². The third kappa shape index (κ3) is 2.23. The fourth-order valence-corrected chi connectivity index (χ4v) is 2.73. The standard InChI is InChI=1S/C14H17N3/c1-3-12(6-9-17-10-8-15-11-17)13-4-2-7-16-14(13)5-1/h2,4,7-8,10-12H,1,3,5-6,9H2/t12-/m0/s1. The molecule has 0 fully saturated rings. The van der Waals surface area contributed by atoms with Crippen molar-refractivity contribution in [3.05, 3.63) is 48.3 Å². The molecular formula is C14H17N3. The lowest BCUT2D eigenvalue weighted by Gasteiger charge is -2.24. The van der Waals surface area contributed by atoms with E-state index in [4.69, 9.17) is 0 Å². The number of rotatable bonds is 3. The molecule has 0 saturated heterocycles. The van der Waals surface area contributed by atoms with Gasteiger partial charge in [-0.1, -0.05) is 6.07 Å². The molecule has 2 aromatic heterocycles. The van der Waals surface area contributed by atoms with Crippen molar-refractivity contribution in [3.8, 4) is 0 Å². The number of fused-ring (bicyclic) bond motifs is 1. The first kappa shape index (κ1) is 10.5. The number of aryl methyl sites for hydroxylation is 2. The minimum Gasteiger partial charge on any atom is -0.337 e. The Balaban J connectivity index is 1.72. The fourth-order valence-electron chi connectivity index (χ4n) is 2.73. The molecule has 0 radical (unpaired) electrons. The smallest absolute Gasteiger partial charge is 0.0945 e. The minimum absolute atomic E-state index is 0.676. The van der Waals surface area contributed by atoms with Gasteiger partial charge in [-0.2, -0.15) is 0 Å². The van der Waals surface area contributed by atoms with Crippen LogP contribution in [0.2, 0.25) is 0 Å². The van der Waals surface area contributed by atoms with Crippen molar-refractivity contribution in [2.24, 2.45) is 0 Å². The van der Waals surface area contributed by atoms with E-state index in [2.05, 4.69) is 26.7 Å². The highest BCUT2D eigenvalue weighted by Gasteiger charge is 2.20. The molecule has 1 aliphatic carbocycles. The van der Waals surface area contributed by atoms with Crippen LogP contribution in [-0.2, 0) is 13.0 Å². The molecule has 3 rings (SSSR count). The molecular weight excluding hydrogens is 210 g/mol. The number of hydrogen-bond acceptors (Lipinski definition) is 2. The van der Waals surface area contributed by atoms with Crippen LogP contribution in [0.3, 0.4) is 0 Å². The van der Waals surface area contributed by atoms with Gasteiger partial charge in [0.1, 0.15) is 0 Å². The zero-order chi connectivity index (χ0) is 11.5. The molecule has 0 aliphatic heterocycles. The van der Waals surface area contributed by atoms with Crippen LogP contribution in [0.25, 0.3) is 0 Å². The van der Waals surface area contributed by atoms with Gasteiger partial charge < -0.3 is 4.57 Å². The van der Waals surface area contributed by atoms with E-state index in [1.807, 2.05) is 24.9 Å². The van der Waals surface area contributed by atoms with Crippen LogP contribution < -0.4 is 0 Å². The third-order valence-electron chi connectivity index (χ3n) is 3.63. The molecule has 0 aromatic carbocycles. The highest BCUT2D eigenvalue weighted by Crippen LogP contribution is 2.32. The fraction of sp³-hybridized carbons (Fsp3) is 0.429. The Morgan fingerprint density at radius 3 is 3.24 bits per heavy atom. The second-order valence-corrected chi connectivity index (χ2v) is 4.72. The Kier molecular flexibility index (Phi) is 2.90. The van der Waals surface area contributed by atoms with Gasteiger partial charge in [0, 0.05) is 30.8 Å². The van der Waals surface area contributed by atoms with E-state index in [0.717, 1.165) is 13.0 Å². The summed E-state index contributed by atoms with van der Waals surface area (Å²) in [5, 5.41) is 0. The summed E-state index contributed by atoms with van der Waals surface area (Å²) in [6.45, 7) is 1.05. The van der Waals surface area contributed by atoms with Crippen LogP contribution in [0, 0.1) is 0 Å². The van der Waals surface area contributed by atoms with Gasteiger partial charge >= 0.3 is 0 Å². The lowest BCUT2D eigenvalue weighted by Crippen LogP contribution is -2.13. The molecule has 2 heterocycles. The Hall–Kier alpha value is -1.64. The average Bonchev–Trinajstić information content (AvgIpc) is 2.89. The number of pyridine rings is 1. The predicted octanol–water partition coefficient (Wildman–Crippen LogP) is 2.79. The van der Waals surface area contributed by atoms with Crippen molar-refractivity contribution >= 4 is 0 Å². The maximum atomic E-state index is 4.50. The quantitative estimate of drug-likeness (QED) is 0.807. The zero-order valence-electron chi connectivity index (χ0n) is 9.92. The first-order valence-corrected chi connectivity index (χ1v) is 6.33. The van der Waals surface area contributed by atoms with Crippen LogP contribution in [0.1, 0.15) is 36.4 Å². The lowest BCUT2D eigenvalue weighted by molar-refractivity contribution is 0.477. The molecule has 0 amide bonds. The van der Waals surface area contributed by atoms with Gasteiger partial charge in [-0.15, -0.1) is 0 Å². The Morgan fingerprint density at radius 1 is 1.35 bits per heavy atom. The van der Waals surface area contributed by atoms with Gasteiger partial charge in [0.25, 0.3) is 0 Å². The van der Waals surface area contributed by atoms with Gasteiger partial charge in [0.15, 0.2) is 0 Å². The van der Waals surface area contributed by atoms with Gasteiger partial charge in [-0.25, -0.2) is 4.98 Å². The van der Waals surface area contributed by atoms with Crippen LogP contribution in [0.15, 0.2) is 37.1 Å². The molecule has 3 nitrogen and oxygen atoms in total. The summed E-state index contributed by atoms with van der Waals surface area (Å²) >= 11 is 0. The number of hydrogen-bond donors (Lipinski definition) is 0. The van der Waals surface area contributed by atoms with Crippen molar-refractivity contribution in [1.29, 1.82) is 0 Å². The maximum Gasteiger partial charge on any atom is 0.0945 e. The predicted molar refractivity (Wildman–Crippen MR) is 66.8 cm³/mol. The molecule has 17 heavy (non-hydrogen) atoms. The molecule has 1 atom stereocenters. The van der Waals surface area contributed by atoms with Crippen molar-refractivity contribution in [2.75, 3.05) is 0 Å². The van der Waals surface area contributed by atoms with E-state index in [1.54, 1.807) is 0 Å². The molecule has 1 aliphatic rings. The Labute approximate surface area is 102 Å². The molecule has 0 unspecified atom stereocenters. The van der Waals surface area contributed by atoms with E-state index in [1.165, 1.54) is 30.5 Å². The van der Waals surface area contributed by atoms with Crippen LogP contribution in [0.4, 0.5) is 0 Å². The molecule has 0 saturated carbocycles. The van der Waals surface area contributed by atoms with E-state index in [9.17, 15) is 0 Å². The molecule has 0 bridgehead atoms. The zero-order valence-corrected chi connectivity index (χ0v) is 9.92. The summed E-state index contributed by atoms with van der Waals surface area (Å²) in [6.07, 6.45) is 12.6. The van der Waals surface area contributed by atoms with Gasteiger partial charge in [-0.3, -0.25) is 4.98 Å². The van der Waals surface area contributed by atoms with Gasteiger partial charge in [0.05, 0.1) is 6.33 Å². The van der Waals surface area contributed by atoms with Crippen molar-refractivity contribution in [2.45, 2.75) is 38.1 Å². The van der Waals surface area contributed by atoms with E-state index in [0.29, 0.717) is 5.92 Å². The van der Waals surface area contributed by atoms with E-state index < -0.39 is 0 Å². The second-order valence-electron chi connectivity index (χ2n) is 4.72. The minimum atomic E-state index is 0.676. The topological polar surface area (TPSA) is 30.7 Å². The van der Waals surface area contributed by atoms with Crippen molar-refractivity contribution < 1.29 is 0 Å². The Morgan fingerprint density at radius 2 is 2.35 bits per heavy atom. The van der Waals surface area contributed by atoms with Crippen LogP contribution in [-0.4, -0.2) is 14.5 Å². The third-order valence-corrected chi connectivity index (χ3v) is 3.63. The number of nitrogens with zero attached hydrogens (tertiary/aromatic N) is 3. The Bertz CT molecular complexity index is 476. The summed E-state index contributed by atoms with van der Waals surface area (Å²) in [5.74, 6) is 0.676. The molecule has 88 valence electrons. The lowest BCUT2D eigenvalue weighted by atomic mass is 9.83.